The second-order valence-corrected chi connectivity index (χ2v) is 15.7. The third kappa shape index (κ3) is 8.69. The molecule has 0 aromatic carbocycles. The third-order valence-electron chi connectivity index (χ3n) is 6.54. The Hall–Kier alpha value is -2.22. The second-order valence-electron chi connectivity index (χ2n) is 9.45. The second kappa shape index (κ2) is 16.9. The molecule has 0 aliphatic carbocycles. The summed E-state index contributed by atoms with van der Waals surface area (Å²) < 4.78 is 23.8. The predicted molar refractivity (Wildman–Crippen MR) is 173 cm³/mol. The number of nitrogens with one attached hydrogen (secondary N) is 1. The molecule has 0 saturated carbocycles. The number of hydrogen-bond donors (Lipinski definition) is 2. The average Bonchev–Trinajstić information content (AvgIpc) is 3.69. The summed E-state index contributed by atoms with van der Waals surface area (Å²) in [6.07, 6.45) is 2.71. The van der Waals surface area contributed by atoms with Crippen LogP contribution in [0.4, 0.5) is 5.13 Å². The van der Waals surface area contributed by atoms with Crippen LogP contribution in [0.3, 0.4) is 0 Å². The van der Waals surface area contributed by atoms with Gasteiger partial charge in [0.1, 0.15) is 20.0 Å². The number of oxime groups is 1. The molecule has 1 radical (unpaired) electrons. The minimum absolute atomic E-state index is 0. The number of aliphatic hydroxyl groups excluding tert-OH is 1. The van der Waals surface area contributed by atoms with Crippen LogP contribution in [-0.2, 0) is 68.1 Å². The van der Waals surface area contributed by atoms with Crippen LogP contribution < -0.4 is 14.8 Å². The Morgan fingerprint density at radius 2 is 2.04 bits per heavy atom. The van der Waals surface area contributed by atoms with Gasteiger partial charge < -0.3 is 24.4 Å². The number of amides is 1. The Morgan fingerprint density at radius 3 is 2.68 bits per heavy atom. The zero-order valence-electron chi connectivity index (χ0n) is 25.5. The molecule has 3 aromatic rings. The van der Waals surface area contributed by atoms with E-state index in [-0.39, 0.29) is 81.3 Å². The Morgan fingerprint density at radius 1 is 1.32 bits per heavy atom. The van der Waals surface area contributed by atoms with Crippen LogP contribution in [0.5, 0.6) is 0 Å². The third-order valence-corrected chi connectivity index (χ3v) is 12.4. The number of aliphatic carboxylic acids is 1. The summed E-state index contributed by atoms with van der Waals surface area (Å²) in [5.41, 5.74) is 1.18. The number of carboxylic acid groups (broad SMARTS) is 1. The summed E-state index contributed by atoms with van der Waals surface area (Å²) in [7, 11) is -0.555. The monoisotopic (exact) mass is 815 g/mol. The van der Waals surface area contributed by atoms with Gasteiger partial charge in [0.15, 0.2) is 28.2 Å². The summed E-state index contributed by atoms with van der Waals surface area (Å²) in [6, 6.07) is 3.86. The summed E-state index contributed by atoms with van der Waals surface area (Å²) in [5.74, 6) is -3.33. The Bertz CT molecular complexity index is 1730. The first kappa shape index (κ1) is 39.2. The quantitative estimate of drug-likeness (QED) is 0.0599. The zero-order chi connectivity index (χ0) is 32.3. The molecule has 2 aliphatic rings. The van der Waals surface area contributed by atoms with E-state index in [0.717, 1.165) is 34.8 Å². The molecule has 247 valence electrons. The largest absolute Gasteiger partial charge is 0.543 e. The number of ketones is 1. The van der Waals surface area contributed by atoms with Crippen molar-refractivity contribution in [2.75, 3.05) is 30.9 Å². The molecule has 0 bridgehead atoms. The number of β-lactam (4-membered cyclic amide) rings is 1. The van der Waals surface area contributed by atoms with Gasteiger partial charge in [0.05, 0.1) is 28.7 Å². The van der Waals surface area contributed by atoms with Crippen LogP contribution >= 0.6 is 53.9 Å². The number of aromatic nitrogens is 4. The zero-order valence-corrected chi connectivity index (χ0v) is 32.5. The Kier molecular flexibility index (Phi) is 14.1. The van der Waals surface area contributed by atoms with E-state index in [0.29, 0.717) is 9.24 Å². The van der Waals surface area contributed by atoms with Crippen LogP contribution in [-0.4, -0.2) is 78.9 Å². The van der Waals surface area contributed by atoms with Gasteiger partial charge in [0, 0.05) is 98.9 Å². The summed E-state index contributed by atoms with van der Waals surface area (Å²) in [5, 5.41) is 29.2. The minimum atomic E-state index is -3.62. The van der Waals surface area contributed by atoms with Gasteiger partial charge in [-0.1, -0.05) is 16.9 Å². The number of nitrogens with zero attached hydrogens (tertiary/aromatic N) is 6. The summed E-state index contributed by atoms with van der Waals surface area (Å²) in [4.78, 5) is 54.4. The number of carbonyl (C=O) groups is 3. The number of aliphatic hydroxyl groups is 1. The molecule has 5 rings (SSSR count). The maximum absolute atomic E-state index is 13.4. The van der Waals surface area contributed by atoms with Crippen LogP contribution in [0.15, 0.2) is 50.0 Å². The number of aryl methyl sites for hydroxylation is 1. The van der Waals surface area contributed by atoms with Crippen molar-refractivity contribution in [2.24, 2.45) is 18.1 Å². The van der Waals surface area contributed by atoms with Gasteiger partial charge >= 0.3 is 7.52 Å². The smallest absolute Gasteiger partial charge is 0.320 e. The SMILES string of the molecule is CCO/N=C(\C(=O)C[C@@H]1C(=O)N2C(C(=O)[O-])=C(Sc3nc(-c4cc[n+](C)cc4)cs3)CS[C@H]12)c1nsc(NP(=O)(CO)OC)n1.[CH3+].[Y]. The Labute approximate surface area is 312 Å². The van der Waals surface area contributed by atoms with E-state index >= 15 is 0 Å². The Balaban J connectivity index is 0.00000300. The van der Waals surface area contributed by atoms with Gasteiger partial charge in [-0.3, -0.25) is 24.1 Å². The number of Topliss-reactive ketones (excluding diaryl/α,β-unsaturated/α-hetero) is 1. The van der Waals surface area contributed by atoms with Gasteiger partial charge in [0.25, 0.3) is 0 Å². The fourth-order valence-electron chi connectivity index (χ4n) is 4.30. The van der Waals surface area contributed by atoms with Crippen LogP contribution in [0.25, 0.3) is 11.3 Å². The molecular formula is C26H29N7O8PS4Y+. The number of rotatable bonds is 14. The molecule has 1 unspecified atom stereocenters. The van der Waals surface area contributed by atoms with Gasteiger partial charge in [-0.2, -0.15) is 9.36 Å². The van der Waals surface area contributed by atoms with Crippen molar-refractivity contribution >= 4 is 82.4 Å². The normalized spacial score (nSPS) is 18.7. The molecule has 2 aliphatic heterocycles. The first-order valence-corrected chi connectivity index (χ1v) is 18.5. The van der Waals surface area contributed by atoms with Crippen molar-refractivity contribution in [3.8, 4) is 11.3 Å². The van der Waals surface area contributed by atoms with Crippen molar-refractivity contribution in [3.63, 3.8) is 0 Å². The predicted octanol–water partition coefficient (Wildman–Crippen LogP) is 2.12. The molecule has 47 heavy (non-hydrogen) atoms. The molecule has 21 heteroatoms. The molecule has 1 fully saturated rings. The number of thiazole rings is 1. The van der Waals surface area contributed by atoms with E-state index in [4.69, 9.17) is 9.36 Å². The molecule has 3 aromatic heterocycles. The van der Waals surface area contributed by atoms with Crippen molar-refractivity contribution in [3.05, 3.63) is 53.8 Å². The molecule has 3 atom stereocenters. The van der Waals surface area contributed by atoms with Crippen LogP contribution in [0.2, 0.25) is 0 Å². The van der Waals surface area contributed by atoms with Crippen LogP contribution in [0.1, 0.15) is 19.2 Å². The van der Waals surface area contributed by atoms with Crippen molar-refractivity contribution in [1.82, 2.24) is 19.2 Å². The van der Waals surface area contributed by atoms with Gasteiger partial charge in [-0.25, -0.2) is 9.55 Å². The van der Waals surface area contributed by atoms with E-state index in [1.807, 2.05) is 41.5 Å². The molecule has 1 saturated heterocycles. The summed E-state index contributed by atoms with van der Waals surface area (Å²) >= 11 is 4.64. The topological polar surface area (TPSA) is 200 Å². The molecule has 5 heterocycles. The number of pyridine rings is 1. The first-order chi connectivity index (χ1) is 21.6. The van der Waals surface area contributed by atoms with Crippen LogP contribution in [0, 0.1) is 13.3 Å². The fourth-order valence-corrected chi connectivity index (χ4v) is 9.45. The maximum atomic E-state index is 13.4. The standard InChI is InChI=1S/C25H26N7O8PS4.CH3.Y/c1-4-40-28-18(20-27-24(45-30-20)29-41(38,12-33)39-3)16(34)9-14-21(35)32-19(23(36)37)17(11-42-22(14)32)44-25-26-15(10-43-25)13-5-7-31(2)8-6-13;;/h5-8,10,14,22,33H,4,9,11-12H2,1-3H3,(H-,27,29,30,36,37,38);1H3;/q;+1;/b28-18+;;/t14-,22-,41?;;/m1../s1. The summed E-state index contributed by atoms with van der Waals surface area (Å²) in [6.45, 7) is 1.79. The molecule has 15 nitrogen and oxygen atoms in total. The van der Waals surface area contributed by atoms with E-state index in [2.05, 4.69) is 24.6 Å². The van der Waals surface area contributed by atoms with E-state index in [9.17, 15) is 29.2 Å². The number of anilines is 1. The minimum Gasteiger partial charge on any atom is -0.543 e. The number of fused-ring (bicyclic) bond motifs is 1. The molecular weight excluding hydrogens is 786 g/mol. The van der Waals surface area contributed by atoms with E-state index in [1.54, 1.807) is 6.92 Å². The van der Waals surface area contributed by atoms with Gasteiger partial charge in [-0.05, 0) is 6.92 Å². The van der Waals surface area contributed by atoms with E-state index < -0.39 is 42.8 Å². The molecule has 0 spiro atoms. The number of hydrogen-bond acceptors (Lipinski definition) is 16. The van der Waals surface area contributed by atoms with Gasteiger partial charge in [-0.15, -0.1) is 23.1 Å². The number of carboxylic acids is 1. The first-order valence-electron chi connectivity index (χ1n) is 13.2. The van der Waals surface area contributed by atoms with Crippen molar-refractivity contribution < 1.29 is 75.8 Å². The molecule has 2 N–H and O–H groups in total. The molecule has 1 amide bonds. The number of carbonyl (C=O) groups excluding carboxylic acids is 3. The van der Waals surface area contributed by atoms with Crippen molar-refractivity contribution in [1.29, 1.82) is 0 Å². The average molecular weight is 816 g/mol. The fraction of sp³-hybridized carbons (Fsp3) is 0.346. The van der Waals surface area contributed by atoms with Gasteiger partial charge in [0.2, 0.25) is 16.9 Å². The van der Waals surface area contributed by atoms with E-state index in [1.165, 1.54) is 34.9 Å². The number of thioether (sulfide) groups is 2. The van der Waals surface area contributed by atoms with Crippen molar-refractivity contribution in [2.45, 2.75) is 23.1 Å². The maximum Gasteiger partial charge on any atom is 0.320 e.